The van der Waals surface area contributed by atoms with Crippen LogP contribution < -0.4 is 4.74 Å². The SMILES string of the molecule is COc1cccc(/C(O)=C2/C(=O)C(=O)N(C3CCCCC3)C2c2ccc(F)cc2)c1. The number of halogens is 1. The molecule has 0 aromatic heterocycles. The van der Waals surface area contributed by atoms with E-state index in [4.69, 9.17) is 4.74 Å². The Labute approximate surface area is 174 Å². The quantitative estimate of drug-likeness (QED) is 0.456. The lowest BCUT2D eigenvalue weighted by Gasteiger charge is -2.35. The highest BCUT2D eigenvalue weighted by atomic mass is 19.1. The fourth-order valence-corrected chi connectivity index (χ4v) is 4.48. The van der Waals surface area contributed by atoms with E-state index in [1.807, 2.05) is 0 Å². The van der Waals surface area contributed by atoms with Crippen LogP contribution in [-0.2, 0) is 9.59 Å². The summed E-state index contributed by atoms with van der Waals surface area (Å²) in [6.45, 7) is 0. The third kappa shape index (κ3) is 3.58. The van der Waals surface area contributed by atoms with Crippen molar-refractivity contribution in [1.82, 2.24) is 4.90 Å². The molecular weight excluding hydrogens is 385 g/mol. The van der Waals surface area contributed by atoms with E-state index in [0.717, 1.165) is 32.1 Å². The van der Waals surface area contributed by atoms with E-state index in [9.17, 15) is 19.1 Å². The van der Waals surface area contributed by atoms with Crippen molar-refractivity contribution in [2.45, 2.75) is 44.2 Å². The Morgan fingerprint density at radius 3 is 2.43 bits per heavy atom. The summed E-state index contributed by atoms with van der Waals surface area (Å²) < 4.78 is 18.8. The maximum absolute atomic E-state index is 13.6. The van der Waals surface area contributed by atoms with Gasteiger partial charge in [-0.1, -0.05) is 43.5 Å². The summed E-state index contributed by atoms with van der Waals surface area (Å²) in [5, 5.41) is 11.1. The molecule has 1 aliphatic carbocycles. The highest BCUT2D eigenvalue weighted by Crippen LogP contribution is 2.43. The number of hydrogen-bond donors (Lipinski definition) is 1. The summed E-state index contributed by atoms with van der Waals surface area (Å²) in [6.07, 6.45) is 4.69. The molecule has 2 fully saturated rings. The van der Waals surface area contributed by atoms with Crippen LogP contribution in [0, 0.1) is 5.82 Å². The summed E-state index contributed by atoms with van der Waals surface area (Å²) in [5.41, 5.74) is 1.03. The van der Waals surface area contributed by atoms with Gasteiger partial charge in [0.05, 0.1) is 18.7 Å². The van der Waals surface area contributed by atoms with Crippen LogP contribution in [0.3, 0.4) is 0 Å². The number of amides is 1. The summed E-state index contributed by atoms with van der Waals surface area (Å²) in [5.74, 6) is -1.45. The largest absolute Gasteiger partial charge is 0.507 e. The van der Waals surface area contributed by atoms with Crippen LogP contribution in [0.15, 0.2) is 54.1 Å². The number of ketones is 1. The predicted octanol–water partition coefficient (Wildman–Crippen LogP) is 4.59. The number of ether oxygens (including phenoxy) is 1. The van der Waals surface area contributed by atoms with Gasteiger partial charge in [0, 0.05) is 11.6 Å². The summed E-state index contributed by atoms with van der Waals surface area (Å²) in [7, 11) is 1.51. The maximum atomic E-state index is 13.6. The zero-order valence-electron chi connectivity index (χ0n) is 16.8. The average Bonchev–Trinajstić information content (AvgIpc) is 3.05. The van der Waals surface area contributed by atoms with Crippen LogP contribution in [0.5, 0.6) is 5.75 Å². The van der Waals surface area contributed by atoms with Gasteiger partial charge in [-0.2, -0.15) is 0 Å². The second kappa shape index (κ2) is 8.30. The zero-order chi connectivity index (χ0) is 21.3. The van der Waals surface area contributed by atoms with Crippen molar-refractivity contribution in [3.63, 3.8) is 0 Å². The third-order valence-corrected chi connectivity index (χ3v) is 5.98. The molecule has 156 valence electrons. The molecule has 1 atom stereocenters. The summed E-state index contributed by atoms with van der Waals surface area (Å²) >= 11 is 0. The Hall–Kier alpha value is -3.15. The van der Waals surface area contributed by atoms with Crippen molar-refractivity contribution in [2.75, 3.05) is 7.11 Å². The molecule has 1 amide bonds. The van der Waals surface area contributed by atoms with E-state index < -0.39 is 23.5 Å². The van der Waals surface area contributed by atoms with E-state index in [-0.39, 0.29) is 17.4 Å². The second-order valence-electron chi connectivity index (χ2n) is 7.78. The first-order chi connectivity index (χ1) is 14.5. The number of benzene rings is 2. The van der Waals surface area contributed by atoms with Crippen LogP contribution in [0.25, 0.3) is 5.76 Å². The van der Waals surface area contributed by atoms with E-state index in [1.54, 1.807) is 41.3 Å². The first-order valence-electron chi connectivity index (χ1n) is 10.2. The molecule has 1 saturated heterocycles. The number of nitrogens with zero attached hydrogens (tertiary/aromatic N) is 1. The number of aliphatic hydroxyl groups is 1. The van der Waals surface area contributed by atoms with Crippen molar-refractivity contribution in [3.05, 3.63) is 71.0 Å². The summed E-state index contributed by atoms with van der Waals surface area (Å²) in [4.78, 5) is 27.7. The van der Waals surface area contributed by atoms with Gasteiger partial charge in [0.25, 0.3) is 11.7 Å². The molecule has 6 heteroatoms. The van der Waals surface area contributed by atoms with Crippen LogP contribution >= 0.6 is 0 Å². The van der Waals surface area contributed by atoms with E-state index in [1.165, 1.54) is 19.2 Å². The van der Waals surface area contributed by atoms with Gasteiger partial charge in [-0.15, -0.1) is 0 Å². The summed E-state index contributed by atoms with van der Waals surface area (Å²) in [6, 6.07) is 11.6. The van der Waals surface area contributed by atoms with Crippen LogP contribution in [0.1, 0.15) is 49.3 Å². The van der Waals surface area contributed by atoms with Gasteiger partial charge in [0.1, 0.15) is 17.3 Å². The molecule has 0 radical (unpaired) electrons. The Balaban J connectivity index is 1.87. The van der Waals surface area contributed by atoms with Crippen molar-refractivity contribution >= 4 is 17.4 Å². The molecule has 1 N–H and O–H groups in total. The lowest BCUT2D eigenvalue weighted by molar-refractivity contribution is -0.141. The maximum Gasteiger partial charge on any atom is 0.295 e. The number of carbonyl (C=O) groups excluding carboxylic acids is 2. The average molecular weight is 409 g/mol. The first-order valence-corrected chi connectivity index (χ1v) is 10.2. The zero-order valence-corrected chi connectivity index (χ0v) is 16.8. The molecular formula is C24H24FNO4. The van der Waals surface area contributed by atoms with Crippen molar-refractivity contribution in [1.29, 1.82) is 0 Å². The molecule has 30 heavy (non-hydrogen) atoms. The topological polar surface area (TPSA) is 66.8 Å². The van der Waals surface area contributed by atoms with Gasteiger partial charge in [-0.05, 0) is 42.7 Å². The van der Waals surface area contributed by atoms with Crippen molar-refractivity contribution in [2.24, 2.45) is 0 Å². The monoisotopic (exact) mass is 409 g/mol. The smallest absolute Gasteiger partial charge is 0.295 e. The second-order valence-corrected chi connectivity index (χ2v) is 7.78. The van der Waals surface area contributed by atoms with E-state index >= 15 is 0 Å². The van der Waals surface area contributed by atoms with E-state index in [0.29, 0.717) is 16.9 Å². The number of methoxy groups -OCH3 is 1. The number of Topliss-reactive ketones (excluding diaryl/α,β-unsaturated/α-hetero) is 1. The first kappa shape index (κ1) is 20.1. The molecule has 0 spiro atoms. The van der Waals surface area contributed by atoms with Crippen molar-refractivity contribution in [3.8, 4) is 5.75 Å². The van der Waals surface area contributed by atoms with Crippen LogP contribution in [0.4, 0.5) is 4.39 Å². The van der Waals surface area contributed by atoms with Gasteiger partial charge in [-0.25, -0.2) is 4.39 Å². The highest BCUT2D eigenvalue weighted by molar-refractivity contribution is 6.46. The molecule has 0 bridgehead atoms. The fraction of sp³-hybridized carbons (Fsp3) is 0.333. The lowest BCUT2D eigenvalue weighted by Crippen LogP contribution is -2.40. The normalized spacial score (nSPS) is 21.8. The number of hydrogen-bond acceptors (Lipinski definition) is 4. The highest BCUT2D eigenvalue weighted by Gasteiger charge is 2.48. The number of aliphatic hydroxyl groups excluding tert-OH is 1. The number of likely N-dealkylation sites (tertiary alicyclic amines) is 1. The van der Waals surface area contributed by atoms with Crippen LogP contribution in [0.2, 0.25) is 0 Å². The van der Waals surface area contributed by atoms with Gasteiger partial charge in [0.15, 0.2) is 0 Å². The molecule has 1 heterocycles. The van der Waals surface area contributed by atoms with Gasteiger partial charge < -0.3 is 14.7 Å². The number of carbonyl (C=O) groups is 2. The standard InChI is InChI=1S/C24H24FNO4/c1-30-19-9-5-6-16(14-19)22(27)20-21(15-10-12-17(25)13-11-15)26(24(29)23(20)28)18-7-3-2-4-8-18/h5-6,9-14,18,21,27H,2-4,7-8H2,1H3/b22-20-. The van der Waals surface area contributed by atoms with Crippen LogP contribution in [-0.4, -0.2) is 34.8 Å². The molecule has 2 aromatic carbocycles. The molecule has 1 saturated carbocycles. The molecule has 2 aromatic rings. The Morgan fingerprint density at radius 2 is 1.77 bits per heavy atom. The molecule has 4 rings (SSSR count). The predicted molar refractivity (Wildman–Crippen MR) is 110 cm³/mol. The van der Waals surface area contributed by atoms with Gasteiger partial charge in [0.2, 0.25) is 0 Å². The Bertz CT molecular complexity index is 993. The van der Waals surface area contributed by atoms with Gasteiger partial charge >= 0.3 is 0 Å². The lowest BCUT2D eigenvalue weighted by atomic mass is 9.91. The van der Waals surface area contributed by atoms with Gasteiger partial charge in [-0.3, -0.25) is 9.59 Å². The Morgan fingerprint density at radius 1 is 1.07 bits per heavy atom. The Kier molecular flexibility index (Phi) is 5.57. The molecule has 2 aliphatic rings. The molecule has 1 aliphatic heterocycles. The third-order valence-electron chi connectivity index (χ3n) is 5.98. The van der Waals surface area contributed by atoms with Crippen molar-refractivity contribution < 1.29 is 23.8 Å². The minimum absolute atomic E-state index is 0.0328. The number of rotatable bonds is 4. The minimum Gasteiger partial charge on any atom is -0.507 e. The minimum atomic E-state index is -0.750. The fourth-order valence-electron chi connectivity index (χ4n) is 4.48. The molecule has 1 unspecified atom stereocenters. The molecule has 5 nitrogen and oxygen atoms in total. The van der Waals surface area contributed by atoms with E-state index in [2.05, 4.69) is 0 Å².